The van der Waals surface area contributed by atoms with Gasteiger partial charge in [-0.05, 0) is 51.7 Å². The number of nitrogens with one attached hydrogen (secondary N) is 1. The van der Waals surface area contributed by atoms with Crippen molar-refractivity contribution in [2.45, 2.75) is 43.9 Å². The fraction of sp³-hybridized carbons (Fsp3) is 1.00. The summed E-state index contributed by atoms with van der Waals surface area (Å²) >= 11 is 0. The molecule has 0 spiro atoms. The second-order valence-electron chi connectivity index (χ2n) is 6.49. The molecule has 3 fully saturated rings. The summed E-state index contributed by atoms with van der Waals surface area (Å²) in [5.74, 6) is 0.879. The Morgan fingerprint density at radius 1 is 1.28 bits per heavy atom. The Balaban J connectivity index is 1.51. The molecule has 18 heavy (non-hydrogen) atoms. The molecule has 3 aliphatic heterocycles. The number of fused-ring (bicyclic) bond motifs is 1. The van der Waals surface area contributed by atoms with Crippen LogP contribution in [0.1, 0.15) is 25.7 Å². The smallest absolute Gasteiger partial charge is 0.0680 e. The van der Waals surface area contributed by atoms with E-state index in [-0.39, 0.29) is 6.10 Å². The first kappa shape index (κ1) is 12.9. The van der Waals surface area contributed by atoms with Crippen LogP contribution in [-0.2, 0) is 0 Å². The lowest BCUT2D eigenvalue weighted by Gasteiger charge is -2.46. The molecule has 104 valence electrons. The summed E-state index contributed by atoms with van der Waals surface area (Å²) < 4.78 is 0. The van der Waals surface area contributed by atoms with Crippen molar-refractivity contribution in [3.05, 3.63) is 0 Å². The van der Waals surface area contributed by atoms with Gasteiger partial charge in [0.15, 0.2) is 0 Å². The Bertz CT molecular complexity index is 286. The van der Waals surface area contributed by atoms with E-state index in [2.05, 4.69) is 22.2 Å². The van der Waals surface area contributed by atoms with E-state index in [1.54, 1.807) is 0 Å². The van der Waals surface area contributed by atoms with Crippen LogP contribution < -0.4 is 5.32 Å². The summed E-state index contributed by atoms with van der Waals surface area (Å²) in [6, 6.07) is 1.34. The minimum absolute atomic E-state index is 0.117. The summed E-state index contributed by atoms with van der Waals surface area (Å²) in [7, 11) is 2.29. The summed E-state index contributed by atoms with van der Waals surface area (Å²) in [6.07, 6.45) is 4.92. The normalized spacial score (nSPS) is 43.0. The maximum Gasteiger partial charge on any atom is 0.0680 e. The number of likely N-dealkylation sites (tertiary alicyclic amines) is 2. The molecule has 0 amide bonds. The number of piperidine rings is 2. The molecule has 0 aromatic carbocycles. The van der Waals surface area contributed by atoms with E-state index < -0.39 is 0 Å². The van der Waals surface area contributed by atoms with Gasteiger partial charge < -0.3 is 20.2 Å². The Labute approximate surface area is 110 Å². The first-order valence-electron chi connectivity index (χ1n) is 7.56. The highest BCUT2D eigenvalue weighted by Crippen LogP contribution is 2.29. The van der Waals surface area contributed by atoms with E-state index in [0.29, 0.717) is 6.04 Å². The van der Waals surface area contributed by atoms with Gasteiger partial charge in [-0.3, -0.25) is 0 Å². The van der Waals surface area contributed by atoms with E-state index in [0.717, 1.165) is 31.5 Å². The summed E-state index contributed by atoms with van der Waals surface area (Å²) in [6.45, 7) is 5.71. The average molecular weight is 253 g/mol. The highest BCUT2D eigenvalue weighted by Gasteiger charge is 2.35. The summed E-state index contributed by atoms with van der Waals surface area (Å²) in [5, 5.41) is 13.0. The number of hydrogen-bond donors (Lipinski definition) is 2. The van der Waals surface area contributed by atoms with Crippen LogP contribution in [0, 0.1) is 5.92 Å². The van der Waals surface area contributed by atoms with E-state index in [4.69, 9.17) is 0 Å². The van der Waals surface area contributed by atoms with Crippen molar-refractivity contribution in [3.63, 3.8) is 0 Å². The van der Waals surface area contributed by atoms with Crippen LogP contribution in [0.5, 0.6) is 0 Å². The van der Waals surface area contributed by atoms with Crippen LogP contribution >= 0.6 is 0 Å². The first-order valence-corrected chi connectivity index (χ1v) is 7.56. The van der Waals surface area contributed by atoms with Gasteiger partial charge in [-0.1, -0.05) is 0 Å². The molecule has 3 heterocycles. The quantitative estimate of drug-likeness (QED) is 0.733. The number of hydrogen-bond acceptors (Lipinski definition) is 4. The van der Waals surface area contributed by atoms with E-state index in [1.807, 2.05) is 0 Å². The molecule has 3 saturated heterocycles. The van der Waals surface area contributed by atoms with Crippen molar-refractivity contribution in [2.75, 3.05) is 39.8 Å². The standard InChI is InChI=1S/C14H27N3O/c1-16-5-2-3-11-9-17(6-4-14(11)16)10-12-7-13(18)8-15-12/h11-15,18H,2-10H2,1H3. The highest BCUT2D eigenvalue weighted by atomic mass is 16.3. The van der Waals surface area contributed by atoms with Gasteiger partial charge >= 0.3 is 0 Å². The third kappa shape index (κ3) is 2.72. The lowest BCUT2D eigenvalue weighted by atomic mass is 9.84. The van der Waals surface area contributed by atoms with Gasteiger partial charge in [0.05, 0.1) is 6.10 Å². The second kappa shape index (κ2) is 5.45. The van der Waals surface area contributed by atoms with Crippen molar-refractivity contribution in [1.29, 1.82) is 0 Å². The molecule has 4 atom stereocenters. The zero-order valence-corrected chi connectivity index (χ0v) is 11.5. The Hall–Kier alpha value is -0.160. The number of β-amino-alcohol motifs (C(OH)–C–C–N with tert-alkyl or cyclic N) is 1. The van der Waals surface area contributed by atoms with Crippen molar-refractivity contribution in [2.24, 2.45) is 5.92 Å². The van der Waals surface area contributed by atoms with Crippen LogP contribution in [-0.4, -0.2) is 72.9 Å². The third-order valence-corrected chi connectivity index (χ3v) is 5.11. The number of aliphatic hydroxyl groups excluding tert-OH is 1. The predicted octanol–water partition coefficient (Wildman–Crippen LogP) is 0.125. The molecule has 3 aliphatic rings. The fourth-order valence-corrected chi connectivity index (χ4v) is 4.14. The van der Waals surface area contributed by atoms with Crippen LogP contribution in [0.4, 0.5) is 0 Å². The van der Waals surface area contributed by atoms with Crippen molar-refractivity contribution in [3.8, 4) is 0 Å². The molecule has 4 unspecified atom stereocenters. The lowest BCUT2D eigenvalue weighted by molar-refractivity contribution is 0.0352. The first-order chi connectivity index (χ1) is 8.72. The maximum atomic E-state index is 9.56. The topological polar surface area (TPSA) is 38.7 Å². The zero-order chi connectivity index (χ0) is 12.5. The predicted molar refractivity (Wildman–Crippen MR) is 72.6 cm³/mol. The van der Waals surface area contributed by atoms with E-state index >= 15 is 0 Å². The molecule has 0 aromatic rings. The monoisotopic (exact) mass is 253 g/mol. The van der Waals surface area contributed by atoms with Gasteiger partial charge in [-0.25, -0.2) is 0 Å². The van der Waals surface area contributed by atoms with Gasteiger partial charge in [0.25, 0.3) is 0 Å². The van der Waals surface area contributed by atoms with Crippen molar-refractivity contribution in [1.82, 2.24) is 15.1 Å². The molecule has 3 rings (SSSR count). The molecule has 0 radical (unpaired) electrons. The molecule has 4 heteroatoms. The number of nitrogens with zero attached hydrogens (tertiary/aromatic N) is 2. The fourth-order valence-electron chi connectivity index (χ4n) is 4.14. The van der Waals surface area contributed by atoms with E-state index in [9.17, 15) is 5.11 Å². The number of aliphatic hydroxyl groups is 1. The van der Waals surface area contributed by atoms with Crippen molar-refractivity contribution < 1.29 is 5.11 Å². The van der Waals surface area contributed by atoms with Crippen LogP contribution in [0.15, 0.2) is 0 Å². The van der Waals surface area contributed by atoms with Gasteiger partial charge in [0.1, 0.15) is 0 Å². The average Bonchev–Trinajstić information content (AvgIpc) is 2.75. The number of rotatable bonds is 2. The highest BCUT2D eigenvalue weighted by molar-refractivity contribution is 4.91. The Morgan fingerprint density at radius 3 is 2.94 bits per heavy atom. The Kier molecular flexibility index (Phi) is 3.89. The van der Waals surface area contributed by atoms with Gasteiger partial charge in [0.2, 0.25) is 0 Å². The van der Waals surface area contributed by atoms with Gasteiger partial charge in [0, 0.05) is 31.7 Å². The molecular weight excluding hydrogens is 226 g/mol. The molecule has 0 bridgehead atoms. The zero-order valence-electron chi connectivity index (χ0n) is 11.5. The molecular formula is C14H27N3O. The van der Waals surface area contributed by atoms with Crippen LogP contribution in [0.3, 0.4) is 0 Å². The molecule has 0 aliphatic carbocycles. The molecule has 2 N–H and O–H groups in total. The molecule has 4 nitrogen and oxygen atoms in total. The SMILES string of the molecule is CN1CCCC2CN(CC3CC(O)CN3)CCC21. The second-order valence-corrected chi connectivity index (χ2v) is 6.49. The van der Waals surface area contributed by atoms with Gasteiger partial charge in [-0.2, -0.15) is 0 Å². The van der Waals surface area contributed by atoms with Gasteiger partial charge in [-0.15, -0.1) is 0 Å². The van der Waals surface area contributed by atoms with E-state index in [1.165, 1.54) is 38.9 Å². The summed E-state index contributed by atoms with van der Waals surface area (Å²) in [5.41, 5.74) is 0. The van der Waals surface area contributed by atoms with Crippen LogP contribution in [0.25, 0.3) is 0 Å². The van der Waals surface area contributed by atoms with Crippen molar-refractivity contribution >= 4 is 0 Å². The molecule has 0 saturated carbocycles. The molecule has 0 aromatic heterocycles. The third-order valence-electron chi connectivity index (χ3n) is 5.11. The summed E-state index contributed by atoms with van der Waals surface area (Å²) in [4.78, 5) is 5.19. The maximum absolute atomic E-state index is 9.56. The Morgan fingerprint density at radius 2 is 2.17 bits per heavy atom. The minimum atomic E-state index is -0.117. The largest absolute Gasteiger partial charge is 0.392 e. The lowest BCUT2D eigenvalue weighted by Crippen LogP contribution is -2.54. The van der Waals surface area contributed by atoms with Crippen LogP contribution in [0.2, 0.25) is 0 Å². The minimum Gasteiger partial charge on any atom is -0.392 e.